The molecular formula is C28H34N6O2. The number of nitrogens with zero attached hydrogens (tertiary/aromatic N) is 6. The number of carbonyl (C=O) groups excluding carboxylic acids is 1. The lowest BCUT2D eigenvalue weighted by atomic mass is 10.0. The number of aromatic nitrogens is 4. The van der Waals surface area contributed by atoms with Gasteiger partial charge in [0.2, 0.25) is 5.91 Å². The number of β-amino-alcohol motifs (C(OH)–C–C–N with tert-alkyl or cyclic N) is 1. The van der Waals surface area contributed by atoms with Crippen LogP contribution in [0.2, 0.25) is 0 Å². The van der Waals surface area contributed by atoms with Gasteiger partial charge >= 0.3 is 0 Å². The molecule has 0 unspecified atom stereocenters. The Morgan fingerprint density at radius 3 is 2.86 bits per heavy atom. The molecule has 188 valence electrons. The van der Waals surface area contributed by atoms with Crippen LogP contribution in [0.25, 0.3) is 21.9 Å². The van der Waals surface area contributed by atoms with E-state index in [1.54, 1.807) is 18.1 Å². The molecule has 3 aromatic heterocycles. The zero-order valence-corrected chi connectivity index (χ0v) is 21.3. The van der Waals surface area contributed by atoms with Gasteiger partial charge in [0.05, 0.1) is 23.1 Å². The molecule has 1 aliphatic heterocycles. The van der Waals surface area contributed by atoms with Gasteiger partial charge in [-0.1, -0.05) is 12.1 Å². The van der Waals surface area contributed by atoms with Gasteiger partial charge in [0, 0.05) is 68.7 Å². The quantitative estimate of drug-likeness (QED) is 0.408. The molecule has 0 aliphatic carbocycles. The lowest BCUT2D eigenvalue weighted by Gasteiger charge is -2.29. The van der Waals surface area contributed by atoms with Crippen LogP contribution in [0.5, 0.6) is 0 Å². The second-order valence-electron chi connectivity index (χ2n) is 9.94. The van der Waals surface area contributed by atoms with E-state index in [4.69, 9.17) is 4.98 Å². The molecular weight excluding hydrogens is 452 g/mol. The second-order valence-corrected chi connectivity index (χ2v) is 9.94. The van der Waals surface area contributed by atoms with Gasteiger partial charge < -0.3 is 19.5 Å². The van der Waals surface area contributed by atoms with Crippen molar-refractivity contribution in [1.29, 1.82) is 0 Å². The Kier molecular flexibility index (Phi) is 6.62. The topological polar surface area (TPSA) is 87.4 Å². The fourth-order valence-corrected chi connectivity index (χ4v) is 5.42. The fraction of sp³-hybridized carbons (Fsp3) is 0.429. The van der Waals surface area contributed by atoms with E-state index in [-0.39, 0.29) is 5.91 Å². The third kappa shape index (κ3) is 4.78. The summed E-state index contributed by atoms with van der Waals surface area (Å²) >= 11 is 0. The summed E-state index contributed by atoms with van der Waals surface area (Å²) in [4.78, 5) is 30.4. The molecule has 1 amide bonds. The second kappa shape index (κ2) is 9.85. The van der Waals surface area contributed by atoms with E-state index in [2.05, 4.69) is 32.4 Å². The summed E-state index contributed by atoms with van der Waals surface area (Å²) in [6, 6.07) is 12.1. The minimum absolute atomic E-state index is 0.0513. The van der Waals surface area contributed by atoms with Crippen molar-refractivity contribution in [3.05, 3.63) is 60.3 Å². The number of aryl methyl sites for hydroxylation is 3. The van der Waals surface area contributed by atoms with Crippen LogP contribution >= 0.6 is 0 Å². The van der Waals surface area contributed by atoms with Gasteiger partial charge in [-0.2, -0.15) is 0 Å². The number of imidazole rings is 1. The number of hydrogen-bond acceptors (Lipinski definition) is 6. The van der Waals surface area contributed by atoms with Crippen LogP contribution in [0.15, 0.2) is 48.8 Å². The summed E-state index contributed by atoms with van der Waals surface area (Å²) < 4.78 is 2.22. The van der Waals surface area contributed by atoms with Crippen molar-refractivity contribution in [1.82, 2.24) is 24.4 Å². The predicted octanol–water partition coefficient (Wildman–Crippen LogP) is 3.73. The number of anilines is 1. The van der Waals surface area contributed by atoms with Crippen LogP contribution in [0.3, 0.4) is 0 Å². The highest BCUT2D eigenvalue weighted by atomic mass is 16.3. The summed E-state index contributed by atoms with van der Waals surface area (Å²) in [6.45, 7) is 6.46. The number of benzene rings is 1. The lowest BCUT2D eigenvalue weighted by Crippen LogP contribution is -2.45. The number of rotatable bonds is 8. The van der Waals surface area contributed by atoms with E-state index in [9.17, 15) is 9.90 Å². The van der Waals surface area contributed by atoms with Gasteiger partial charge in [0.1, 0.15) is 11.4 Å². The Bertz CT molecular complexity index is 1400. The Morgan fingerprint density at radius 1 is 1.19 bits per heavy atom. The number of carbonyl (C=O) groups is 1. The van der Waals surface area contributed by atoms with E-state index in [0.717, 1.165) is 65.1 Å². The zero-order valence-electron chi connectivity index (χ0n) is 21.3. The molecule has 1 N–H and O–H groups in total. The van der Waals surface area contributed by atoms with Gasteiger partial charge in [-0.05, 0) is 51.0 Å². The van der Waals surface area contributed by atoms with Crippen molar-refractivity contribution in [2.45, 2.75) is 51.7 Å². The van der Waals surface area contributed by atoms with Crippen LogP contribution in [0.4, 0.5) is 5.69 Å². The van der Waals surface area contributed by atoms with E-state index in [1.165, 1.54) is 0 Å². The summed E-state index contributed by atoms with van der Waals surface area (Å²) in [6.07, 6.45) is 6.10. The van der Waals surface area contributed by atoms with Gasteiger partial charge in [-0.25, -0.2) is 4.98 Å². The number of para-hydroxylation sites is 2. The molecule has 1 aliphatic rings. The first kappa shape index (κ1) is 24.2. The van der Waals surface area contributed by atoms with Crippen LogP contribution in [-0.4, -0.2) is 67.7 Å². The maximum absolute atomic E-state index is 12.9. The van der Waals surface area contributed by atoms with Gasteiger partial charge in [0.25, 0.3) is 0 Å². The largest absolute Gasteiger partial charge is 0.386 e. The molecule has 8 heteroatoms. The number of hydrogen-bond donors (Lipinski definition) is 1. The van der Waals surface area contributed by atoms with Crippen molar-refractivity contribution in [3.63, 3.8) is 0 Å². The predicted molar refractivity (Wildman–Crippen MR) is 142 cm³/mol. The minimum atomic E-state index is -0.952. The third-order valence-corrected chi connectivity index (χ3v) is 7.19. The first-order chi connectivity index (χ1) is 17.4. The molecule has 1 aromatic carbocycles. The average molecular weight is 487 g/mol. The maximum Gasteiger partial charge on any atom is 0.222 e. The Morgan fingerprint density at radius 2 is 2.03 bits per heavy atom. The SMILES string of the molecule is CCn1c(CCCC(=O)N(C)C[C@]2(O)CCN(c3cc(C)nc4ccncc34)C2)nc2ccccc21. The first-order valence-corrected chi connectivity index (χ1v) is 12.7. The number of amides is 1. The van der Waals surface area contributed by atoms with Gasteiger partial charge in [0.15, 0.2) is 0 Å². The molecule has 8 nitrogen and oxygen atoms in total. The molecule has 0 bridgehead atoms. The van der Waals surface area contributed by atoms with E-state index < -0.39 is 5.60 Å². The van der Waals surface area contributed by atoms with E-state index >= 15 is 0 Å². The summed E-state index contributed by atoms with van der Waals surface area (Å²) in [7, 11) is 1.79. The lowest BCUT2D eigenvalue weighted by molar-refractivity contribution is -0.132. The molecule has 0 spiro atoms. The molecule has 1 saturated heterocycles. The number of fused-ring (bicyclic) bond motifs is 2. The molecule has 1 atom stereocenters. The number of likely N-dealkylation sites (N-methyl/N-ethyl adjacent to an activating group) is 1. The summed E-state index contributed by atoms with van der Waals surface area (Å²) in [5, 5.41) is 12.3. The van der Waals surface area contributed by atoms with Crippen LogP contribution in [0, 0.1) is 6.92 Å². The Labute approximate surface area is 211 Å². The molecule has 0 saturated carbocycles. The average Bonchev–Trinajstić information content (AvgIpc) is 3.43. The normalized spacial score (nSPS) is 17.8. The zero-order chi connectivity index (χ0) is 25.3. The van der Waals surface area contributed by atoms with Crippen molar-refractivity contribution in [3.8, 4) is 0 Å². The smallest absolute Gasteiger partial charge is 0.222 e. The monoisotopic (exact) mass is 486 g/mol. The Hall–Kier alpha value is -3.52. The summed E-state index contributed by atoms with van der Waals surface area (Å²) in [5.41, 5.74) is 4.06. The number of aliphatic hydroxyl groups is 1. The van der Waals surface area contributed by atoms with E-state index in [0.29, 0.717) is 25.9 Å². The van der Waals surface area contributed by atoms with E-state index in [1.807, 2.05) is 43.5 Å². The van der Waals surface area contributed by atoms with Crippen molar-refractivity contribution < 1.29 is 9.90 Å². The fourth-order valence-electron chi connectivity index (χ4n) is 5.42. The highest BCUT2D eigenvalue weighted by Crippen LogP contribution is 2.32. The van der Waals surface area contributed by atoms with Crippen molar-refractivity contribution >= 4 is 33.5 Å². The van der Waals surface area contributed by atoms with Crippen LogP contribution in [-0.2, 0) is 17.8 Å². The molecule has 5 rings (SSSR count). The van der Waals surface area contributed by atoms with Crippen molar-refractivity contribution in [2.75, 3.05) is 31.6 Å². The molecule has 4 aromatic rings. The van der Waals surface area contributed by atoms with Crippen LogP contribution < -0.4 is 4.90 Å². The third-order valence-electron chi connectivity index (χ3n) is 7.19. The first-order valence-electron chi connectivity index (χ1n) is 12.7. The highest BCUT2D eigenvalue weighted by molar-refractivity contribution is 5.91. The maximum atomic E-state index is 12.9. The van der Waals surface area contributed by atoms with Crippen LogP contribution in [0.1, 0.15) is 37.7 Å². The molecule has 4 heterocycles. The molecule has 36 heavy (non-hydrogen) atoms. The van der Waals surface area contributed by atoms with Gasteiger partial charge in [-0.15, -0.1) is 0 Å². The Balaban J connectivity index is 1.19. The molecule has 1 fully saturated rings. The molecule has 0 radical (unpaired) electrons. The number of pyridine rings is 2. The summed E-state index contributed by atoms with van der Waals surface area (Å²) in [5.74, 6) is 1.07. The van der Waals surface area contributed by atoms with Gasteiger partial charge in [-0.3, -0.25) is 14.8 Å². The highest BCUT2D eigenvalue weighted by Gasteiger charge is 2.38. The minimum Gasteiger partial charge on any atom is -0.386 e. The standard InChI is InChI=1S/C28H34N6O2/c1-4-34-24-9-6-5-8-23(24)31-26(34)10-7-11-27(35)32(3)18-28(36)13-15-33(19-28)25-16-20(2)30-22-12-14-29-17-21(22)25/h5-6,8-9,12,14,16-17,36H,4,7,10-11,13,15,18-19H2,1-3H3/t28-/m1/s1. The van der Waals surface area contributed by atoms with Crippen molar-refractivity contribution in [2.24, 2.45) is 0 Å².